The fraction of sp³-hybridized carbons (Fsp3) is 0.500. The Morgan fingerprint density at radius 2 is 1.20 bits per heavy atom. The van der Waals surface area contributed by atoms with Gasteiger partial charge in [-0.05, 0) is 0 Å². The third-order valence-corrected chi connectivity index (χ3v) is 1.29. The fourth-order valence-electron chi connectivity index (χ4n) is 0.714. The van der Waals surface area contributed by atoms with E-state index in [-0.39, 0.29) is 23.2 Å². The largest absolute Gasteiger partial charge is 0.693 e. The number of aliphatic carboxylic acids is 3. The Morgan fingerprint density at radius 3 is 1.33 bits per heavy atom. The van der Waals surface area contributed by atoms with Gasteiger partial charge in [-0.15, -0.1) is 0 Å². The molecule has 0 amide bonds. The summed E-state index contributed by atoms with van der Waals surface area (Å²) in [5.74, 6) is -5.02. The molecule has 8 nitrogen and oxygen atoms in total. The van der Waals surface area contributed by atoms with Crippen molar-refractivity contribution in [1.29, 1.82) is 0 Å². The smallest absolute Gasteiger partial charge is 0.336 e. The van der Waals surface area contributed by atoms with Gasteiger partial charge in [-0.1, -0.05) is 0 Å². The number of hydrogen-bond acceptors (Lipinski definition) is 4. The molecule has 0 rings (SSSR count). The van der Waals surface area contributed by atoms with E-state index in [1.807, 2.05) is 0 Å². The van der Waals surface area contributed by atoms with Gasteiger partial charge in [0.05, 0.1) is 12.8 Å². The maximum atomic E-state index is 10.3. The molecule has 0 aliphatic rings. The summed E-state index contributed by atoms with van der Waals surface area (Å²) in [6.45, 7) is 0. The zero-order chi connectivity index (χ0) is 10.6. The Hall–Kier alpha value is -1.15. The van der Waals surface area contributed by atoms with Crippen LogP contribution in [0.5, 0.6) is 0 Å². The van der Waals surface area contributed by atoms with Crippen LogP contribution in [0, 0.1) is 0 Å². The van der Waals surface area contributed by atoms with Crippen LogP contribution in [0.1, 0.15) is 12.8 Å². The molecular weight excluding hydrogens is 254 g/mol. The molecule has 0 aromatic carbocycles. The van der Waals surface area contributed by atoms with Crippen LogP contribution in [0.25, 0.3) is 6.15 Å². The van der Waals surface area contributed by atoms with Gasteiger partial charge >= 0.3 is 17.9 Å². The van der Waals surface area contributed by atoms with E-state index in [1.54, 1.807) is 0 Å². The van der Waals surface area contributed by atoms with Crippen LogP contribution in [0.3, 0.4) is 0 Å². The summed E-state index contributed by atoms with van der Waals surface area (Å²) in [6, 6.07) is 0. The Labute approximate surface area is 95.0 Å². The number of rotatable bonds is 5. The van der Waals surface area contributed by atoms with Gasteiger partial charge in [-0.25, -0.2) is 4.79 Å². The monoisotopic (exact) mass is 264 g/mol. The summed E-state index contributed by atoms with van der Waals surface area (Å²) in [7, 11) is 0. The average molecular weight is 264 g/mol. The molecule has 90 valence electrons. The standard InChI is InChI=1S/C6H8O7.Fe.H2N/c7-3(8)1-6(13,5(11)12)2-4(9)10;;/h13H,1-2H2,(H,7,8)(H,9,10)(H,11,12);;1H2/q;;-1. The molecule has 0 bridgehead atoms. The van der Waals surface area contributed by atoms with Crippen LogP contribution < -0.4 is 0 Å². The maximum absolute atomic E-state index is 10.3. The Bertz CT molecular complexity index is 238. The van der Waals surface area contributed by atoms with Gasteiger partial charge in [-0.3, -0.25) is 9.59 Å². The van der Waals surface area contributed by atoms with Crippen molar-refractivity contribution in [2.75, 3.05) is 0 Å². The SMILES string of the molecule is O=C(O)CC(O)(CC(=O)O)C(=O)O.[Fe].[NH2-]. The molecule has 0 aliphatic heterocycles. The number of carbonyl (C=O) groups is 3. The van der Waals surface area contributed by atoms with Crippen LogP contribution in [0.15, 0.2) is 0 Å². The van der Waals surface area contributed by atoms with Crippen LogP contribution in [0.4, 0.5) is 0 Å². The molecule has 0 saturated heterocycles. The zero-order valence-electron chi connectivity index (χ0n) is 7.36. The zero-order valence-corrected chi connectivity index (χ0v) is 8.46. The summed E-state index contributed by atoms with van der Waals surface area (Å²) < 4.78 is 0. The number of nitrogens with two attached hydrogens (primary N) is 1. The molecule has 6 N–H and O–H groups in total. The molecular formula is C6H10FeNO7-. The van der Waals surface area contributed by atoms with E-state index in [2.05, 4.69) is 0 Å². The van der Waals surface area contributed by atoms with Gasteiger partial charge in [-0.2, -0.15) is 0 Å². The molecule has 0 unspecified atom stereocenters. The second-order valence-corrected chi connectivity index (χ2v) is 2.48. The summed E-state index contributed by atoms with van der Waals surface area (Å²) >= 11 is 0. The molecule has 0 radical (unpaired) electrons. The summed E-state index contributed by atoms with van der Waals surface area (Å²) in [5, 5.41) is 33.8. The molecule has 0 atom stereocenters. The Morgan fingerprint density at radius 1 is 0.933 bits per heavy atom. The molecule has 0 spiro atoms. The third-order valence-electron chi connectivity index (χ3n) is 1.29. The minimum absolute atomic E-state index is 0. The van der Waals surface area contributed by atoms with E-state index in [0.717, 1.165) is 0 Å². The van der Waals surface area contributed by atoms with Crippen molar-refractivity contribution in [2.24, 2.45) is 0 Å². The van der Waals surface area contributed by atoms with E-state index < -0.39 is 36.4 Å². The van der Waals surface area contributed by atoms with Crippen LogP contribution >= 0.6 is 0 Å². The normalized spacial score (nSPS) is 9.40. The molecule has 0 fully saturated rings. The summed E-state index contributed by atoms with van der Waals surface area (Å²) in [4.78, 5) is 30.5. The maximum Gasteiger partial charge on any atom is 0.336 e. The van der Waals surface area contributed by atoms with Gasteiger partial charge in [0.25, 0.3) is 0 Å². The molecule has 0 heterocycles. The third kappa shape index (κ3) is 6.86. The molecule has 0 aromatic heterocycles. The Kier molecular flexibility index (Phi) is 9.30. The number of carboxylic acids is 3. The van der Waals surface area contributed by atoms with E-state index >= 15 is 0 Å². The van der Waals surface area contributed by atoms with Crippen molar-refractivity contribution in [1.82, 2.24) is 0 Å². The first-order chi connectivity index (χ1) is 5.78. The van der Waals surface area contributed by atoms with Crippen molar-refractivity contribution in [3.63, 3.8) is 0 Å². The predicted molar refractivity (Wildman–Crippen MR) is 42.4 cm³/mol. The second kappa shape index (κ2) is 7.18. The predicted octanol–water partition coefficient (Wildman–Crippen LogP) is -0.534. The summed E-state index contributed by atoms with van der Waals surface area (Å²) in [5.41, 5.74) is -2.74. The van der Waals surface area contributed by atoms with Gasteiger partial charge in [0.1, 0.15) is 0 Å². The number of carboxylic acid groups (broad SMARTS) is 3. The van der Waals surface area contributed by atoms with Crippen molar-refractivity contribution in [3.8, 4) is 0 Å². The van der Waals surface area contributed by atoms with Crippen LogP contribution in [0.2, 0.25) is 0 Å². The first-order valence-corrected chi connectivity index (χ1v) is 3.17. The minimum Gasteiger partial charge on any atom is -0.693 e. The van der Waals surface area contributed by atoms with E-state index in [9.17, 15) is 14.4 Å². The van der Waals surface area contributed by atoms with Gasteiger partial charge in [0.15, 0.2) is 5.60 Å². The first-order valence-electron chi connectivity index (χ1n) is 3.17. The van der Waals surface area contributed by atoms with Gasteiger partial charge < -0.3 is 26.6 Å². The first kappa shape index (κ1) is 19.4. The molecule has 0 aliphatic carbocycles. The quantitative estimate of drug-likeness (QED) is 0.484. The van der Waals surface area contributed by atoms with Crippen molar-refractivity contribution in [3.05, 3.63) is 6.15 Å². The van der Waals surface area contributed by atoms with Crippen LogP contribution in [-0.4, -0.2) is 43.9 Å². The van der Waals surface area contributed by atoms with E-state index in [0.29, 0.717) is 0 Å². The number of aliphatic hydroxyl groups is 1. The molecule has 0 aromatic rings. The number of hydrogen-bond donors (Lipinski definition) is 4. The van der Waals surface area contributed by atoms with Crippen molar-refractivity contribution in [2.45, 2.75) is 18.4 Å². The minimum atomic E-state index is -2.74. The van der Waals surface area contributed by atoms with Gasteiger partial charge in [0.2, 0.25) is 0 Å². The van der Waals surface area contributed by atoms with Crippen LogP contribution in [-0.2, 0) is 31.5 Å². The summed E-state index contributed by atoms with van der Waals surface area (Å²) in [6.07, 6.45) is -2.29. The molecule has 0 saturated carbocycles. The molecule has 9 heteroatoms. The average Bonchev–Trinajstić information content (AvgIpc) is 1.82. The van der Waals surface area contributed by atoms with Gasteiger partial charge in [0, 0.05) is 17.1 Å². The Balaban J connectivity index is -0.000000720. The topological polar surface area (TPSA) is 166 Å². The molecule has 15 heavy (non-hydrogen) atoms. The van der Waals surface area contributed by atoms with E-state index in [4.69, 9.17) is 20.4 Å². The van der Waals surface area contributed by atoms with Crippen molar-refractivity contribution < 1.29 is 51.9 Å². The van der Waals surface area contributed by atoms with E-state index in [1.165, 1.54) is 0 Å². The fourth-order valence-corrected chi connectivity index (χ4v) is 0.714. The second-order valence-electron chi connectivity index (χ2n) is 2.48. The van der Waals surface area contributed by atoms with Crippen molar-refractivity contribution >= 4 is 17.9 Å².